The van der Waals surface area contributed by atoms with Crippen molar-refractivity contribution in [2.75, 3.05) is 29.9 Å². The molecule has 1 atom stereocenters. The molecule has 8 heteroatoms. The number of carbonyl (C=O) groups is 4. The van der Waals surface area contributed by atoms with Crippen LogP contribution in [0.25, 0.3) is 0 Å². The molecule has 182 valence electrons. The molecule has 0 aromatic heterocycles. The van der Waals surface area contributed by atoms with Crippen molar-refractivity contribution < 1.29 is 19.2 Å². The van der Waals surface area contributed by atoms with Gasteiger partial charge in [0.15, 0.2) is 0 Å². The predicted octanol–water partition coefficient (Wildman–Crippen LogP) is 2.50. The second-order valence-electron chi connectivity index (χ2n) is 9.72. The Kier molecular flexibility index (Phi) is 6.28. The van der Waals surface area contributed by atoms with Crippen molar-refractivity contribution in [1.82, 2.24) is 4.90 Å². The lowest BCUT2D eigenvalue weighted by Gasteiger charge is -2.31. The zero-order valence-corrected chi connectivity index (χ0v) is 19.7. The first kappa shape index (κ1) is 23.1. The maximum atomic E-state index is 13.2. The van der Waals surface area contributed by atoms with Gasteiger partial charge in [-0.3, -0.25) is 19.2 Å². The van der Waals surface area contributed by atoms with Crippen molar-refractivity contribution in [3.63, 3.8) is 0 Å². The SMILES string of the molecule is NC(=O)C1CCN(C(=O)c2ccccc2NC(=O)C2CC(=O)N(c3ccc4c(c3)CCC4)C2)CC1. The van der Waals surface area contributed by atoms with Crippen LogP contribution in [0.4, 0.5) is 11.4 Å². The zero-order valence-electron chi connectivity index (χ0n) is 19.7. The van der Waals surface area contributed by atoms with Gasteiger partial charge < -0.3 is 20.9 Å². The normalized spacial score (nSPS) is 20.1. The van der Waals surface area contributed by atoms with E-state index < -0.39 is 5.92 Å². The van der Waals surface area contributed by atoms with Gasteiger partial charge in [-0.1, -0.05) is 18.2 Å². The third-order valence-corrected chi connectivity index (χ3v) is 7.49. The molecule has 3 aliphatic rings. The first-order chi connectivity index (χ1) is 16.9. The summed E-state index contributed by atoms with van der Waals surface area (Å²) in [6, 6.07) is 13.1. The molecular formula is C27H30N4O4. The number of anilines is 2. The number of rotatable bonds is 5. The largest absolute Gasteiger partial charge is 0.369 e. The molecule has 35 heavy (non-hydrogen) atoms. The summed E-state index contributed by atoms with van der Waals surface area (Å²) < 4.78 is 0. The van der Waals surface area contributed by atoms with Gasteiger partial charge in [-0.15, -0.1) is 0 Å². The van der Waals surface area contributed by atoms with Gasteiger partial charge in [0.2, 0.25) is 17.7 Å². The van der Waals surface area contributed by atoms with Crippen LogP contribution in [0.15, 0.2) is 42.5 Å². The van der Waals surface area contributed by atoms with Crippen LogP contribution in [0.3, 0.4) is 0 Å². The number of hydrogen-bond donors (Lipinski definition) is 2. The van der Waals surface area contributed by atoms with Crippen molar-refractivity contribution in [2.24, 2.45) is 17.6 Å². The van der Waals surface area contributed by atoms with Crippen LogP contribution in [-0.2, 0) is 27.2 Å². The summed E-state index contributed by atoms with van der Waals surface area (Å²) >= 11 is 0. The molecule has 0 bridgehead atoms. The molecule has 2 heterocycles. The molecule has 2 aliphatic heterocycles. The van der Waals surface area contributed by atoms with E-state index in [1.165, 1.54) is 11.1 Å². The van der Waals surface area contributed by atoms with Gasteiger partial charge in [-0.05, 0) is 67.5 Å². The van der Waals surface area contributed by atoms with E-state index in [4.69, 9.17) is 5.73 Å². The Morgan fingerprint density at radius 3 is 2.46 bits per heavy atom. The van der Waals surface area contributed by atoms with Gasteiger partial charge in [-0.25, -0.2) is 0 Å². The number of nitrogens with two attached hydrogens (primary N) is 1. The van der Waals surface area contributed by atoms with E-state index in [0.717, 1.165) is 24.9 Å². The smallest absolute Gasteiger partial charge is 0.255 e. The summed E-state index contributed by atoms with van der Waals surface area (Å²) in [5.74, 6) is -1.55. The Bertz CT molecular complexity index is 1190. The van der Waals surface area contributed by atoms with Crippen molar-refractivity contribution in [2.45, 2.75) is 38.5 Å². The molecule has 0 spiro atoms. The van der Waals surface area contributed by atoms with Crippen molar-refractivity contribution in [3.05, 3.63) is 59.2 Å². The molecule has 0 radical (unpaired) electrons. The topological polar surface area (TPSA) is 113 Å². The van der Waals surface area contributed by atoms with E-state index >= 15 is 0 Å². The number of fused-ring (bicyclic) bond motifs is 1. The van der Waals surface area contributed by atoms with Crippen LogP contribution < -0.4 is 16.0 Å². The zero-order chi connectivity index (χ0) is 24.5. The van der Waals surface area contributed by atoms with Crippen LogP contribution in [0.5, 0.6) is 0 Å². The minimum absolute atomic E-state index is 0.0650. The van der Waals surface area contributed by atoms with Crippen molar-refractivity contribution in [3.8, 4) is 0 Å². The highest BCUT2D eigenvalue weighted by Gasteiger charge is 2.36. The van der Waals surface area contributed by atoms with Crippen LogP contribution >= 0.6 is 0 Å². The fourth-order valence-corrected chi connectivity index (χ4v) is 5.41. The van der Waals surface area contributed by atoms with Crippen molar-refractivity contribution >= 4 is 35.0 Å². The second-order valence-corrected chi connectivity index (χ2v) is 9.72. The second kappa shape index (κ2) is 9.52. The van der Waals surface area contributed by atoms with Gasteiger partial charge in [0.25, 0.3) is 5.91 Å². The maximum Gasteiger partial charge on any atom is 0.255 e. The molecule has 1 aliphatic carbocycles. The third-order valence-electron chi connectivity index (χ3n) is 7.49. The summed E-state index contributed by atoms with van der Waals surface area (Å²) in [6.45, 7) is 1.21. The summed E-state index contributed by atoms with van der Waals surface area (Å²) in [6.07, 6.45) is 4.46. The fraction of sp³-hybridized carbons (Fsp3) is 0.407. The number of aryl methyl sites for hydroxylation is 2. The molecule has 2 saturated heterocycles. The van der Waals surface area contributed by atoms with Gasteiger partial charge in [0.05, 0.1) is 17.2 Å². The van der Waals surface area contributed by atoms with E-state index in [2.05, 4.69) is 17.4 Å². The molecule has 4 amide bonds. The minimum atomic E-state index is -0.495. The predicted molar refractivity (Wildman–Crippen MR) is 132 cm³/mol. The summed E-state index contributed by atoms with van der Waals surface area (Å²) in [4.78, 5) is 53.9. The first-order valence-corrected chi connectivity index (χ1v) is 12.3. The Balaban J connectivity index is 1.26. The van der Waals surface area contributed by atoms with Gasteiger partial charge >= 0.3 is 0 Å². The summed E-state index contributed by atoms with van der Waals surface area (Å²) in [5, 5.41) is 2.89. The highest BCUT2D eigenvalue weighted by atomic mass is 16.2. The van der Waals surface area contributed by atoms with E-state index in [1.807, 2.05) is 6.07 Å². The van der Waals surface area contributed by atoms with Crippen LogP contribution in [0.1, 0.15) is 47.2 Å². The van der Waals surface area contributed by atoms with Crippen LogP contribution in [0.2, 0.25) is 0 Å². The molecule has 1 unspecified atom stereocenters. The van der Waals surface area contributed by atoms with Gasteiger partial charge in [-0.2, -0.15) is 0 Å². The molecule has 5 rings (SSSR count). The molecule has 2 aromatic rings. The number of carbonyl (C=O) groups excluding carboxylic acids is 4. The Hall–Kier alpha value is -3.68. The number of primary amides is 1. The number of benzene rings is 2. The molecule has 2 fully saturated rings. The minimum Gasteiger partial charge on any atom is -0.369 e. The van der Waals surface area contributed by atoms with Crippen LogP contribution in [0, 0.1) is 11.8 Å². The molecule has 0 saturated carbocycles. The third kappa shape index (κ3) is 4.65. The number of amides is 4. The number of likely N-dealkylation sites (tertiary alicyclic amines) is 1. The lowest BCUT2D eigenvalue weighted by atomic mass is 9.95. The van der Waals surface area contributed by atoms with Crippen molar-refractivity contribution in [1.29, 1.82) is 0 Å². The molecule has 8 nitrogen and oxygen atoms in total. The fourth-order valence-electron chi connectivity index (χ4n) is 5.41. The summed E-state index contributed by atoms with van der Waals surface area (Å²) in [5.41, 5.74) is 9.71. The Morgan fingerprint density at radius 2 is 1.69 bits per heavy atom. The quantitative estimate of drug-likeness (QED) is 0.693. The van der Waals surface area contributed by atoms with E-state index in [1.54, 1.807) is 34.1 Å². The molecule has 3 N–H and O–H groups in total. The number of para-hydroxylation sites is 1. The molecular weight excluding hydrogens is 444 g/mol. The summed E-state index contributed by atoms with van der Waals surface area (Å²) in [7, 11) is 0. The number of nitrogens with one attached hydrogen (secondary N) is 1. The number of hydrogen-bond acceptors (Lipinski definition) is 4. The standard InChI is InChI=1S/C27H30N4O4/c28-25(33)18-10-12-30(13-11-18)27(35)22-6-1-2-7-23(22)29-26(34)20-15-24(32)31(16-20)21-9-8-17-4-3-5-19(17)14-21/h1-2,6-9,14,18,20H,3-5,10-13,15-16H2,(H2,28,33)(H,29,34). The lowest BCUT2D eigenvalue weighted by molar-refractivity contribution is -0.123. The number of piperidine rings is 1. The van der Waals surface area contributed by atoms with E-state index in [0.29, 0.717) is 43.7 Å². The highest BCUT2D eigenvalue weighted by Crippen LogP contribution is 2.31. The average Bonchev–Trinajstić information content (AvgIpc) is 3.50. The highest BCUT2D eigenvalue weighted by molar-refractivity contribution is 6.07. The van der Waals surface area contributed by atoms with Crippen LogP contribution in [-0.4, -0.2) is 48.2 Å². The monoisotopic (exact) mass is 474 g/mol. The average molecular weight is 475 g/mol. The Morgan fingerprint density at radius 1 is 0.943 bits per heavy atom. The van der Waals surface area contributed by atoms with Gasteiger partial charge in [0.1, 0.15) is 0 Å². The van der Waals surface area contributed by atoms with E-state index in [-0.39, 0.29) is 36.0 Å². The first-order valence-electron chi connectivity index (χ1n) is 12.3. The number of nitrogens with zero attached hydrogens (tertiary/aromatic N) is 2. The lowest BCUT2D eigenvalue weighted by Crippen LogP contribution is -2.42. The Labute approximate surface area is 204 Å². The van der Waals surface area contributed by atoms with Gasteiger partial charge in [0, 0.05) is 37.7 Å². The maximum absolute atomic E-state index is 13.2. The van der Waals surface area contributed by atoms with E-state index in [9.17, 15) is 19.2 Å². The molecule has 2 aromatic carbocycles.